The van der Waals surface area contributed by atoms with Gasteiger partial charge in [-0.25, -0.2) is 0 Å². The van der Waals surface area contributed by atoms with Crippen LogP contribution in [0.5, 0.6) is 0 Å². The number of rotatable bonds is 4. The lowest BCUT2D eigenvalue weighted by Crippen LogP contribution is -2.55. The van der Waals surface area contributed by atoms with Gasteiger partial charge in [0.2, 0.25) is 0 Å². The van der Waals surface area contributed by atoms with Crippen LogP contribution in [0.15, 0.2) is 23.8 Å². The average Bonchev–Trinajstić information content (AvgIpc) is 3.25. The van der Waals surface area contributed by atoms with Crippen LogP contribution in [0.2, 0.25) is 0 Å². The number of alkyl halides is 3. The molecule has 2 aromatic rings. The normalized spacial score (nSPS) is 15.5. The molecule has 3 heterocycles. The van der Waals surface area contributed by atoms with Gasteiger partial charge in [0, 0.05) is 25.0 Å². The molecule has 0 bridgehead atoms. The first-order valence-corrected chi connectivity index (χ1v) is 9.91. The van der Waals surface area contributed by atoms with Gasteiger partial charge in [0.05, 0.1) is 10.6 Å². The molecule has 0 spiro atoms. The fourth-order valence-corrected chi connectivity index (χ4v) is 4.35. The van der Waals surface area contributed by atoms with E-state index in [1.54, 1.807) is 26.0 Å². The number of aromatic nitrogens is 2. The maximum atomic E-state index is 12.9. The van der Waals surface area contributed by atoms with E-state index >= 15 is 0 Å². The highest BCUT2D eigenvalue weighted by Crippen LogP contribution is 2.35. The van der Waals surface area contributed by atoms with Crippen molar-refractivity contribution >= 4 is 46.6 Å². The van der Waals surface area contributed by atoms with E-state index in [-0.39, 0.29) is 10.7 Å². The predicted octanol–water partition coefficient (Wildman–Crippen LogP) is 3.55. The van der Waals surface area contributed by atoms with Crippen molar-refractivity contribution < 1.29 is 22.8 Å². The highest BCUT2D eigenvalue weighted by molar-refractivity contribution is 7.80. The Morgan fingerprint density at radius 1 is 1.14 bits per heavy atom. The third kappa shape index (κ3) is 3.84. The number of hydrogen-bond acceptors (Lipinski definition) is 5. The number of likely N-dealkylation sites (N-methyl/N-ethyl adjacent to an activating group) is 2. The molecule has 2 aromatic heterocycles. The van der Waals surface area contributed by atoms with Crippen molar-refractivity contribution in [2.24, 2.45) is 7.05 Å². The average molecular weight is 442 g/mol. The maximum absolute atomic E-state index is 12.9. The van der Waals surface area contributed by atoms with Crippen LogP contribution < -0.4 is 0 Å². The van der Waals surface area contributed by atoms with Gasteiger partial charge in [0.25, 0.3) is 11.8 Å². The molecule has 1 aliphatic heterocycles. The molecule has 0 aliphatic carbocycles. The zero-order chi connectivity index (χ0) is 21.5. The first kappa shape index (κ1) is 21.2. The third-order valence-electron chi connectivity index (χ3n) is 4.38. The Hall–Kier alpha value is -2.53. The van der Waals surface area contributed by atoms with Gasteiger partial charge in [-0.2, -0.15) is 18.3 Å². The molecule has 1 fully saturated rings. The van der Waals surface area contributed by atoms with E-state index < -0.39 is 23.7 Å². The Kier molecular flexibility index (Phi) is 5.63. The van der Waals surface area contributed by atoms with Gasteiger partial charge in [-0.1, -0.05) is 0 Å². The van der Waals surface area contributed by atoms with Gasteiger partial charge >= 0.3 is 6.18 Å². The molecular weight excluding hydrogens is 425 g/mol. The van der Waals surface area contributed by atoms with Crippen LogP contribution in [-0.4, -0.2) is 49.6 Å². The van der Waals surface area contributed by atoms with E-state index in [0.29, 0.717) is 28.5 Å². The monoisotopic (exact) mass is 442 g/mol. The van der Waals surface area contributed by atoms with Crippen LogP contribution in [0.4, 0.5) is 13.2 Å². The molecule has 1 saturated heterocycles. The van der Waals surface area contributed by atoms with Gasteiger partial charge in [-0.3, -0.25) is 24.1 Å². The number of thiophene rings is 1. The Labute approximate surface area is 174 Å². The highest BCUT2D eigenvalue weighted by atomic mass is 32.1. The van der Waals surface area contributed by atoms with Gasteiger partial charge in [-0.15, -0.1) is 11.3 Å². The minimum absolute atomic E-state index is 0.0308. The number of carbonyl (C=O) groups excluding carboxylic acids is 2. The third-order valence-corrected chi connectivity index (χ3v) is 5.88. The molecule has 0 aromatic carbocycles. The van der Waals surface area contributed by atoms with Crippen LogP contribution in [0, 0.1) is 0 Å². The van der Waals surface area contributed by atoms with Crippen LogP contribution in [-0.2, 0) is 22.8 Å². The van der Waals surface area contributed by atoms with Gasteiger partial charge < -0.3 is 0 Å². The fourth-order valence-electron chi connectivity index (χ4n) is 2.93. The molecular formula is C18H17F3N4O2S2. The highest BCUT2D eigenvalue weighted by Gasteiger charge is 2.38. The Morgan fingerprint density at radius 3 is 2.21 bits per heavy atom. The van der Waals surface area contributed by atoms with E-state index in [1.807, 2.05) is 0 Å². The minimum atomic E-state index is -4.54. The van der Waals surface area contributed by atoms with Crippen LogP contribution in [0.3, 0.4) is 0 Å². The molecule has 6 nitrogen and oxygen atoms in total. The first-order valence-electron chi connectivity index (χ1n) is 8.69. The SMILES string of the molecule is CCN1C(=O)C(=Cc2ccc(-c3cc(C(F)(F)F)nn3C)s2)C(=O)N(CC)C1=S. The summed E-state index contributed by atoms with van der Waals surface area (Å²) in [5.74, 6) is -0.968. The molecule has 0 radical (unpaired) electrons. The summed E-state index contributed by atoms with van der Waals surface area (Å²) >= 11 is 6.38. The topological polar surface area (TPSA) is 58.4 Å². The largest absolute Gasteiger partial charge is 0.435 e. The molecule has 1 aliphatic rings. The van der Waals surface area contributed by atoms with E-state index in [0.717, 1.165) is 22.1 Å². The lowest BCUT2D eigenvalue weighted by molar-refractivity contribution is -0.141. The summed E-state index contributed by atoms with van der Waals surface area (Å²) in [6.07, 6.45) is -3.09. The van der Waals surface area contributed by atoms with Crippen molar-refractivity contribution in [2.75, 3.05) is 13.1 Å². The molecule has 0 saturated carbocycles. The first-order chi connectivity index (χ1) is 13.6. The van der Waals surface area contributed by atoms with E-state index in [1.165, 1.54) is 22.9 Å². The number of nitrogens with zero attached hydrogens (tertiary/aromatic N) is 4. The molecule has 11 heteroatoms. The quantitative estimate of drug-likeness (QED) is 0.413. The second kappa shape index (κ2) is 7.71. The summed E-state index contributed by atoms with van der Waals surface area (Å²) in [6.45, 7) is 4.16. The molecule has 29 heavy (non-hydrogen) atoms. The van der Waals surface area contributed by atoms with E-state index in [4.69, 9.17) is 12.2 Å². The summed E-state index contributed by atoms with van der Waals surface area (Å²) in [7, 11) is 1.43. The van der Waals surface area contributed by atoms with E-state index in [2.05, 4.69) is 5.10 Å². The summed E-state index contributed by atoms with van der Waals surface area (Å²) in [6, 6.07) is 4.24. The number of hydrogen-bond donors (Lipinski definition) is 0. The van der Waals surface area contributed by atoms with E-state index in [9.17, 15) is 22.8 Å². The van der Waals surface area contributed by atoms with Crippen LogP contribution >= 0.6 is 23.6 Å². The number of amides is 2. The zero-order valence-electron chi connectivity index (χ0n) is 15.8. The Morgan fingerprint density at radius 2 is 1.72 bits per heavy atom. The maximum Gasteiger partial charge on any atom is 0.435 e. The number of carbonyl (C=O) groups is 2. The Balaban J connectivity index is 1.97. The molecule has 3 rings (SSSR count). The van der Waals surface area contributed by atoms with Crippen molar-refractivity contribution in [3.8, 4) is 10.6 Å². The van der Waals surface area contributed by atoms with Gasteiger partial charge in [0.1, 0.15) is 5.57 Å². The van der Waals surface area contributed by atoms with Crippen LogP contribution in [0.1, 0.15) is 24.4 Å². The molecule has 0 unspecified atom stereocenters. The summed E-state index contributed by atoms with van der Waals surface area (Å²) < 4.78 is 39.8. The van der Waals surface area contributed by atoms with Crippen molar-refractivity contribution in [3.63, 3.8) is 0 Å². The second-order valence-electron chi connectivity index (χ2n) is 6.18. The minimum Gasteiger partial charge on any atom is -0.285 e. The number of halogens is 3. The summed E-state index contributed by atoms with van der Waals surface area (Å²) in [5, 5.41) is 3.67. The number of aryl methyl sites for hydroxylation is 1. The smallest absolute Gasteiger partial charge is 0.285 e. The van der Waals surface area contributed by atoms with Crippen molar-refractivity contribution in [1.82, 2.24) is 19.6 Å². The predicted molar refractivity (Wildman–Crippen MR) is 107 cm³/mol. The number of thiocarbonyl (C=S) groups is 1. The lowest BCUT2D eigenvalue weighted by atomic mass is 10.1. The molecule has 0 atom stereocenters. The molecule has 0 N–H and O–H groups in total. The lowest BCUT2D eigenvalue weighted by Gasteiger charge is -2.35. The molecule has 2 amide bonds. The van der Waals surface area contributed by atoms with Gasteiger partial charge in [0.15, 0.2) is 10.8 Å². The van der Waals surface area contributed by atoms with Crippen molar-refractivity contribution in [3.05, 3.63) is 34.3 Å². The fraction of sp³-hybridized carbons (Fsp3) is 0.333. The second-order valence-corrected chi connectivity index (χ2v) is 7.66. The van der Waals surface area contributed by atoms with Gasteiger partial charge in [-0.05, 0) is 50.3 Å². The summed E-state index contributed by atoms with van der Waals surface area (Å²) in [5.41, 5.74) is -0.719. The summed E-state index contributed by atoms with van der Waals surface area (Å²) in [4.78, 5) is 29.1. The van der Waals surface area contributed by atoms with Crippen molar-refractivity contribution in [2.45, 2.75) is 20.0 Å². The molecule has 154 valence electrons. The van der Waals surface area contributed by atoms with Crippen molar-refractivity contribution in [1.29, 1.82) is 0 Å². The Bertz CT molecular complexity index is 995. The zero-order valence-corrected chi connectivity index (χ0v) is 17.4. The standard InChI is InChI=1S/C18H17F3N4O2S2/c1-4-24-15(26)11(16(27)25(5-2)17(24)28)8-10-6-7-13(29-10)12-9-14(18(19,20)21)22-23(12)3/h6-9H,4-5H2,1-3H3. The van der Waals surface area contributed by atoms with Crippen LogP contribution in [0.25, 0.3) is 16.6 Å².